The van der Waals surface area contributed by atoms with E-state index in [1.54, 1.807) is 12.0 Å². The lowest BCUT2D eigenvalue weighted by Gasteiger charge is -2.35. The van der Waals surface area contributed by atoms with Gasteiger partial charge in [-0.3, -0.25) is 4.79 Å². The fourth-order valence-corrected chi connectivity index (χ4v) is 1.97. The number of methoxy groups -OCH3 is 1. The third-order valence-electron chi connectivity index (χ3n) is 3.54. The first-order valence-electron chi connectivity index (χ1n) is 6.47. The van der Waals surface area contributed by atoms with Gasteiger partial charge in [-0.2, -0.15) is 5.26 Å². The number of ether oxygens (including phenoxy) is 1. The third kappa shape index (κ3) is 4.28. The molecule has 0 saturated heterocycles. The molecule has 0 aromatic carbocycles. The van der Waals surface area contributed by atoms with Gasteiger partial charge in [-0.05, 0) is 12.8 Å². The molecule has 2 N–H and O–H groups in total. The molecule has 0 atom stereocenters. The fourth-order valence-electron chi connectivity index (χ4n) is 1.97. The molecular weight excluding hydrogens is 230 g/mol. The third-order valence-corrected chi connectivity index (χ3v) is 3.54. The summed E-state index contributed by atoms with van der Waals surface area (Å²) in [6.45, 7) is 5.74. The first kappa shape index (κ1) is 16.9. The Labute approximate surface area is 110 Å². The zero-order valence-electron chi connectivity index (χ0n) is 11.7. The van der Waals surface area contributed by atoms with Crippen LogP contribution in [0.2, 0.25) is 0 Å². The lowest BCUT2D eigenvalue weighted by Crippen LogP contribution is -2.48. The Morgan fingerprint density at radius 3 is 2.39 bits per heavy atom. The summed E-state index contributed by atoms with van der Waals surface area (Å²) in [5.41, 5.74) is 5.28. The van der Waals surface area contributed by atoms with Gasteiger partial charge in [-0.1, -0.05) is 13.8 Å². The van der Waals surface area contributed by atoms with Gasteiger partial charge in [0.15, 0.2) is 0 Å². The smallest absolute Gasteiger partial charge is 0.230 e. The van der Waals surface area contributed by atoms with Crippen molar-refractivity contribution >= 4 is 5.91 Å². The van der Waals surface area contributed by atoms with Crippen LogP contribution in [0.4, 0.5) is 0 Å². The van der Waals surface area contributed by atoms with Crippen LogP contribution in [0.5, 0.6) is 0 Å². The quantitative estimate of drug-likeness (QED) is 0.670. The number of nitrogens with two attached hydrogens (primary N) is 1. The summed E-state index contributed by atoms with van der Waals surface area (Å²) < 4.78 is 5.01. The molecule has 0 saturated carbocycles. The monoisotopic (exact) mass is 255 g/mol. The van der Waals surface area contributed by atoms with Crippen LogP contribution in [-0.4, -0.2) is 44.2 Å². The largest absolute Gasteiger partial charge is 0.383 e. The van der Waals surface area contributed by atoms with Gasteiger partial charge in [0, 0.05) is 26.7 Å². The normalized spacial score (nSPS) is 11.1. The summed E-state index contributed by atoms with van der Waals surface area (Å²) in [5.74, 6) is 0.0438. The minimum atomic E-state index is -0.497. The average molecular weight is 255 g/mol. The topological polar surface area (TPSA) is 79.4 Å². The first-order chi connectivity index (χ1) is 8.61. The summed E-state index contributed by atoms with van der Waals surface area (Å²) >= 11 is 0. The molecule has 0 fully saturated rings. The van der Waals surface area contributed by atoms with Crippen LogP contribution in [-0.2, 0) is 9.53 Å². The predicted octanol–water partition coefficient (Wildman–Crippen LogP) is 1.14. The molecule has 0 heterocycles. The highest BCUT2D eigenvalue weighted by atomic mass is 16.5. The molecule has 104 valence electrons. The molecular formula is C13H25N3O2. The van der Waals surface area contributed by atoms with E-state index < -0.39 is 5.41 Å². The van der Waals surface area contributed by atoms with Crippen molar-refractivity contribution in [3.63, 3.8) is 0 Å². The zero-order valence-corrected chi connectivity index (χ0v) is 11.7. The van der Waals surface area contributed by atoms with Crippen molar-refractivity contribution in [2.75, 3.05) is 33.4 Å². The Morgan fingerprint density at radius 1 is 1.39 bits per heavy atom. The van der Waals surface area contributed by atoms with Crippen molar-refractivity contribution in [1.29, 1.82) is 5.26 Å². The van der Waals surface area contributed by atoms with Gasteiger partial charge < -0.3 is 15.4 Å². The zero-order chi connectivity index (χ0) is 14.0. The minimum absolute atomic E-state index is 0.0438. The second-order valence-electron chi connectivity index (χ2n) is 4.38. The van der Waals surface area contributed by atoms with Crippen LogP contribution in [0, 0.1) is 16.7 Å². The number of carbonyl (C=O) groups is 1. The van der Waals surface area contributed by atoms with Crippen LogP contribution in [0.15, 0.2) is 0 Å². The molecule has 1 amide bonds. The van der Waals surface area contributed by atoms with Crippen molar-refractivity contribution in [3.8, 4) is 6.07 Å². The van der Waals surface area contributed by atoms with E-state index in [1.165, 1.54) is 0 Å². The summed E-state index contributed by atoms with van der Waals surface area (Å²) in [5, 5.41) is 8.65. The van der Waals surface area contributed by atoms with Gasteiger partial charge in [0.1, 0.15) is 0 Å². The van der Waals surface area contributed by atoms with Gasteiger partial charge in [0.25, 0.3) is 0 Å². The molecule has 18 heavy (non-hydrogen) atoms. The number of rotatable bonds is 9. The van der Waals surface area contributed by atoms with E-state index in [9.17, 15) is 4.79 Å². The SMILES string of the molecule is CCC(CC)(CN)C(=O)N(CCC#N)CCOC. The van der Waals surface area contributed by atoms with E-state index in [-0.39, 0.29) is 5.91 Å². The van der Waals surface area contributed by atoms with Gasteiger partial charge in [-0.15, -0.1) is 0 Å². The molecule has 0 rings (SSSR count). The number of hydrogen-bond acceptors (Lipinski definition) is 4. The first-order valence-corrected chi connectivity index (χ1v) is 6.47. The molecule has 0 aromatic rings. The maximum atomic E-state index is 12.6. The Balaban J connectivity index is 4.84. The van der Waals surface area contributed by atoms with E-state index in [0.29, 0.717) is 32.7 Å². The molecule has 0 aliphatic rings. The maximum Gasteiger partial charge on any atom is 0.230 e. The van der Waals surface area contributed by atoms with E-state index >= 15 is 0 Å². The number of amides is 1. The van der Waals surface area contributed by atoms with Crippen molar-refractivity contribution in [2.24, 2.45) is 11.1 Å². The van der Waals surface area contributed by atoms with Crippen molar-refractivity contribution < 1.29 is 9.53 Å². The molecule has 0 aliphatic heterocycles. The van der Waals surface area contributed by atoms with Gasteiger partial charge in [-0.25, -0.2) is 0 Å². The second kappa shape index (κ2) is 8.90. The number of nitrogens with zero attached hydrogens (tertiary/aromatic N) is 2. The van der Waals surface area contributed by atoms with Crippen LogP contribution in [0.25, 0.3) is 0 Å². The van der Waals surface area contributed by atoms with Gasteiger partial charge in [0.2, 0.25) is 5.91 Å². The lowest BCUT2D eigenvalue weighted by atomic mass is 9.81. The summed E-state index contributed by atoms with van der Waals surface area (Å²) in [6, 6.07) is 2.07. The summed E-state index contributed by atoms with van der Waals surface area (Å²) in [4.78, 5) is 14.3. The highest BCUT2D eigenvalue weighted by Gasteiger charge is 2.36. The van der Waals surface area contributed by atoms with Gasteiger partial charge >= 0.3 is 0 Å². The molecule has 0 bridgehead atoms. The Hall–Kier alpha value is -1.12. The summed E-state index contributed by atoms with van der Waals surface area (Å²) in [7, 11) is 1.60. The summed E-state index contributed by atoms with van der Waals surface area (Å²) in [6.07, 6.45) is 1.77. The van der Waals surface area contributed by atoms with Crippen LogP contribution < -0.4 is 5.73 Å². The number of hydrogen-bond donors (Lipinski definition) is 1. The molecule has 0 spiro atoms. The molecule has 0 unspecified atom stereocenters. The standard InChI is InChI=1S/C13H25N3O2/c1-4-13(5-2,11-15)12(17)16(8-6-7-14)9-10-18-3/h4-6,8-11,15H2,1-3H3. The predicted molar refractivity (Wildman–Crippen MR) is 70.8 cm³/mol. The van der Waals surface area contributed by atoms with Crippen molar-refractivity contribution in [1.82, 2.24) is 4.90 Å². The maximum absolute atomic E-state index is 12.6. The van der Waals surface area contributed by atoms with E-state index in [1.807, 2.05) is 13.8 Å². The van der Waals surface area contributed by atoms with Crippen molar-refractivity contribution in [2.45, 2.75) is 33.1 Å². The Kier molecular flexibility index (Phi) is 8.34. The Bertz CT molecular complexity index is 274. The lowest BCUT2D eigenvalue weighted by molar-refractivity contribution is -0.142. The highest BCUT2D eigenvalue weighted by molar-refractivity contribution is 5.83. The van der Waals surface area contributed by atoms with Crippen LogP contribution in [0.1, 0.15) is 33.1 Å². The molecule has 5 heteroatoms. The fraction of sp³-hybridized carbons (Fsp3) is 0.846. The van der Waals surface area contributed by atoms with Gasteiger partial charge in [0.05, 0.1) is 24.5 Å². The van der Waals surface area contributed by atoms with Crippen molar-refractivity contribution in [3.05, 3.63) is 0 Å². The van der Waals surface area contributed by atoms with Crippen LogP contribution >= 0.6 is 0 Å². The molecule has 0 radical (unpaired) electrons. The highest BCUT2D eigenvalue weighted by Crippen LogP contribution is 2.27. The number of carbonyl (C=O) groups excluding carboxylic acids is 1. The second-order valence-corrected chi connectivity index (χ2v) is 4.38. The van der Waals surface area contributed by atoms with E-state index in [4.69, 9.17) is 15.7 Å². The average Bonchev–Trinajstić information content (AvgIpc) is 2.41. The minimum Gasteiger partial charge on any atom is -0.383 e. The van der Waals surface area contributed by atoms with E-state index in [0.717, 1.165) is 12.8 Å². The Morgan fingerprint density at radius 2 is 2.00 bits per heavy atom. The molecule has 0 aliphatic carbocycles. The number of nitriles is 1. The van der Waals surface area contributed by atoms with Crippen LogP contribution in [0.3, 0.4) is 0 Å². The van der Waals surface area contributed by atoms with E-state index in [2.05, 4.69) is 6.07 Å². The molecule has 5 nitrogen and oxygen atoms in total. The molecule has 0 aromatic heterocycles.